The molecule has 4 nitrogen and oxygen atoms in total. The summed E-state index contributed by atoms with van der Waals surface area (Å²) in [5.74, 6) is -0.193. The van der Waals surface area contributed by atoms with Crippen molar-refractivity contribution >= 4 is 29.1 Å². The molecule has 1 aliphatic rings. The predicted molar refractivity (Wildman–Crippen MR) is 70.6 cm³/mol. The first-order valence-corrected chi connectivity index (χ1v) is 6.36. The lowest BCUT2D eigenvalue weighted by Crippen LogP contribution is -2.44. The average molecular weight is 267 g/mol. The monoisotopic (exact) mass is 266 g/mol. The number of carbonyl (C=O) groups excluding carboxylic acids is 2. The first-order chi connectivity index (χ1) is 8.63. The Morgan fingerprint density at radius 3 is 2.78 bits per heavy atom. The molecule has 0 radical (unpaired) electrons. The van der Waals surface area contributed by atoms with E-state index in [0.717, 1.165) is 0 Å². The van der Waals surface area contributed by atoms with E-state index in [0.29, 0.717) is 30.1 Å². The van der Waals surface area contributed by atoms with Crippen LogP contribution in [-0.2, 0) is 9.59 Å². The third kappa shape index (κ3) is 2.48. The molecule has 0 spiro atoms. The van der Waals surface area contributed by atoms with Gasteiger partial charge in [-0.05, 0) is 18.6 Å². The highest BCUT2D eigenvalue weighted by Crippen LogP contribution is 2.27. The molecule has 1 aromatic rings. The van der Waals surface area contributed by atoms with Gasteiger partial charge in [-0.2, -0.15) is 0 Å². The van der Waals surface area contributed by atoms with E-state index in [1.807, 2.05) is 19.1 Å². The lowest BCUT2D eigenvalue weighted by atomic mass is 10.2. The van der Waals surface area contributed by atoms with Crippen LogP contribution >= 0.6 is 11.6 Å². The van der Waals surface area contributed by atoms with Crippen molar-refractivity contribution in [1.82, 2.24) is 5.32 Å². The van der Waals surface area contributed by atoms with Gasteiger partial charge in [-0.1, -0.05) is 30.7 Å². The second-order valence-corrected chi connectivity index (χ2v) is 4.63. The number of para-hydroxylation sites is 1. The van der Waals surface area contributed by atoms with E-state index in [4.69, 9.17) is 11.6 Å². The molecule has 2 amide bonds. The van der Waals surface area contributed by atoms with Crippen LogP contribution in [-0.4, -0.2) is 24.4 Å². The number of halogens is 1. The largest absolute Gasteiger partial charge is 0.344 e. The van der Waals surface area contributed by atoms with Gasteiger partial charge in [0.2, 0.25) is 11.8 Å². The van der Waals surface area contributed by atoms with Crippen LogP contribution in [0.5, 0.6) is 0 Å². The molecule has 96 valence electrons. The standard InChI is InChI=1S/C13H15ClN2O2/c1-2-10-13(18)16(8-7-12(17)15-10)11-6-4-3-5-9(11)14/h3-6,10H,2,7-8H2,1H3,(H,15,17). The Labute approximate surface area is 111 Å². The van der Waals surface area contributed by atoms with Crippen LogP contribution in [0.2, 0.25) is 5.02 Å². The molecule has 0 aromatic heterocycles. The van der Waals surface area contributed by atoms with E-state index >= 15 is 0 Å². The summed E-state index contributed by atoms with van der Waals surface area (Å²) in [4.78, 5) is 25.5. The number of nitrogens with zero attached hydrogens (tertiary/aromatic N) is 1. The second-order valence-electron chi connectivity index (χ2n) is 4.22. The fraction of sp³-hybridized carbons (Fsp3) is 0.385. The van der Waals surface area contributed by atoms with Crippen molar-refractivity contribution in [2.45, 2.75) is 25.8 Å². The summed E-state index contributed by atoms with van der Waals surface area (Å²) in [5, 5.41) is 3.25. The minimum Gasteiger partial charge on any atom is -0.344 e. The topological polar surface area (TPSA) is 49.4 Å². The van der Waals surface area contributed by atoms with Crippen LogP contribution in [0.25, 0.3) is 0 Å². The molecule has 1 aromatic carbocycles. The highest BCUT2D eigenvalue weighted by molar-refractivity contribution is 6.33. The number of rotatable bonds is 2. The van der Waals surface area contributed by atoms with Gasteiger partial charge in [0.15, 0.2) is 0 Å². The van der Waals surface area contributed by atoms with Crippen LogP contribution in [0, 0.1) is 0 Å². The zero-order valence-electron chi connectivity index (χ0n) is 10.1. The van der Waals surface area contributed by atoms with Gasteiger partial charge in [0.05, 0.1) is 10.7 Å². The van der Waals surface area contributed by atoms with E-state index < -0.39 is 6.04 Å². The van der Waals surface area contributed by atoms with Crippen LogP contribution in [0.3, 0.4) is 0 Å². The van der Waals surface area contributed by atoms with Crippen molar-refractivity contribution in [2.24, 2.45) is 0 Å². The lowest BCUT2D eigenvalue weighted by Gasteiger charge is -2.24. The molecule has 0 saturated carbocycles. The summed E-state index contributed by atoms with van der Waals surface area (Å²) in [6.45, 7) is 2.24. The molecule has 1 unspecified atom stereocenters. The maximum atomic E-state index is 12.3. The van der Waals surface area contributed by atoms with E-state index in [2.05, 4.69) is 5.32 Å². The van der Waals surface area contributed by atoms with Crippen molar-refractivity contribution in [3.05, 3.63) is 29.3 Å². The molecule has 1 atom stereocenters. The maximum absolute atomic E-state index is 12.3. The Hall–Kier alpha value is -1.55. The molecular formula is C13H15ClN2O2. The number of benzene rings is 1. The smallest absolute Gasteiger partial charge is 0.249 e. The first-order valence-electron chi connectivity index (χ1n) is 5.98. The van der Waals surface area contributed by atoms with Gasteiger partial charge in [0.1, 0.15) is 6.04 Å². The van der Waals surface area contributed by atoms with E-state index in [9.17, 15) is 9.59 Å². The Bertz CT molecular complexity index is 476. The summed E-state index contributed by atoms with van der Waals surface area (Å²) in [6, 6.07) is 6.72. The summed E-state index contributed by atoms with van der Waals surface area (Å²) >= 11 is 6.10. The summed E-state index contributed by atoms with van der Waals surface area (Å²) < 4.78 is 0. The fourth-order valence-corrected chi connectivity index (χ4v) is 2.26. The molecule has 1 aliphatic heterocycles. The van der Waals surface area contributed by atoms with Gasteiger partial charge in [-0.25, -0.2) is 0 Å². The first kappa shape index (κ1) is 12.9. The molecule has 5 heteroatoms. The molecule has 1 fully saturated rings. The van der Waals surface area contributed by atoms with E-state index in [-0.39, 0.29) is 11.8 Å². The third-order valence-electron chi connectivity index (χ3n) is 3.01. The lowest BCUT2D eigenvalue weighted by molar-refractivity contribution is -0.125. The molecule has 1 saturated heterocycles. The number of amides is 2. The molecule has 1 heterocycles. The molecule has 2 rings (SSSR count). The van der Waals surface area contributed by atoms with Crippen LogP contribution < -0.4 is 10.2 Å². The zero-order valence-corrected chi connectivity index (χ0v) is 10.9. The van der Waals surface area contributed by atoms with Crippen molar-refractivity contribution in [3.63, 3.8) is 0 Å². The molecule has 0 bridgehead atoms. The molecule has 0 aliphatic carbocycles. The number of anilines is 1. The van der Waals surface area contributed by atoms with E-state index in [1.54, 1.807) is 17.0 Å². The van der Waals surface area contributed by atoms with Gasteiger partial charge in [0, 0.05) is 13.0 Å². The zero-order chi connectivity index (χ0) is 13.1. The van der Waals surface area contributed by atoms with Gasteiger partial charge >= 0.3 is 0 Å². The van der Waals surface area contributed by atoms with E-state index in [1.165, 1.54) is 0 Å². The van der Waals surface area contributed by atoms with Crippen LogP contribution in [0.1, 0.15) is 19.8 Å². The second kappa shape index (κ2) is 5.40. The van der Waals surface area contributed by atoms with Crippen molar-refractivity contribution in [3.8, 4) is 0 Å². The number of hydrogen-bond donors (Lipinski definition) is 1. The third-order valence-corrected chi connectivity index (χ3v) is 3.33. The maximum Gasteiger partial charge on any atom is 0.249 e. The molecule has 1 N–H and O–H groups in total. The summed E-state index contributed by atoms with van der Waals surface area (Å²) in [7, 11) is 0. The van der Waals surface area contributed by atoms with Gasteiger partial charge < -0.3 is 10.2 Å². The molecular weight excluding hydrogens is 252 g/mol. The Morgan fingerprint density at radius 1 is 1.39 bits per heavy atom. The number of hydrogen-bond acceptors (Lipinski definition) is 2. The summed E-state index contributed by atoms with van der Waals surface area (Å²) in [5.41, 5.74) is 0.666. The Kier molecular flexibility index (Phi) is 3.87. The SMILES string of the molecule is CCC1NC(=O)CCN(c2ccccc2Cl)C1=O. The van der Waals surface area contributed by atoms with Gasteiger partial charge in [0.25, 0.3) is 0 Å². The Morgan fingerprint density at radius 2 is 2.11 bits per heavy atom. The number of carbonyl (C=O) groups is 2. The normalized spacial score (nSPS) is 20.6. The minimum atomic E-state index is -0.462. The van der Waals surface area contributed by atoms with Crippen molar-refractivity contribution in [2.75, 3.05) is 11.4 Å². The molecule has 18 heavy (non-hydrogen) atoms. The van der Waals surface area contributed by atoms with Crippen molar-refractivity contribution in [1.29, 1.82) is 0 Å². The van der Waals surface area contributed by atoms with Gasteiger partial charge in [-0.15, -0.1) is 0 Å². The average Bonchev–Trinajstić information content (AvgIpc) is 2.50. The van der Waals surface area contributed by atoms with Crippen LogP contribution in [0.4, 0.5) is 5.69 Å². The quantitative estimate of drug-likeness (QED) is 0.890. The van der Waals surface area contributed by atoms with Crippen molar-refractivity contribution < 1.29 is 9.59 Å². The Balaban J connectivity index is 2.34. The summed E-state index contributed by atoms with van der Waals surface area (Å²) in [6.07, 6.45) is 0.874. The minimum absolute atomic E-state index is 0.0928. The predicted octanol–water partition coefficient (Wildman–Crippen LogP) is 1.97. The van der Waals surface area contributed by atoms with Gasteiger partial charge in [-0.3, -0.25) is 9.59 Å². The highest BCUT2D eigenvalue weighted by atomic mass is 35.5. The number of nitrogens with one attached hydrogen (secondary N) is 1. The highest BCUT2D eigenvalue weighted by Gasteiger charge is 2.30. The van der Waals surface area contributed by atoms with Crippen LogP contribution in [0.15, 0.2) is 24.3 Å². The fourth-order valence-electron chi connectivity index (χ4n) is 2.03.